The number of thiazole rings is 1. The van der Waals surface area contributed by atoms with Gasteiger partial charge in [-0.25, -0.2) is 4.98 Å². The highest BCUT2D eigenvalue weighted by molar-refractivity contribution is 7.13. The van der Waals surface area contributed by atoms with Gasteiger partial charge in [-0.1, -0.05) is 41.9 Å². The molecule has 2 aromatic carbocycles. The molecule has 0 fully saturated rings. The Kier molecular flexibility index (Phi) is 8.23. The summed E-state index contributed by atoms with van der Waals surface area (Å²) in [6.45, 7) is 3.60. The van der Waals surface area contributed by atoms with Crippen molar-refractivity contribution in [1.29, 1.82) is 0 Å². The lowest BCUT2D eigenvalue weighted by Gasteiger charge is -2.12. The van der Waals surface area contributed by atoms with E-state index in [9.17, 15) is 4.79 Å². The van der Waals surface area contributed by atoms with E-state index in [1.54, 1.807) is 14.2 Å². The molecule has 8 heteroatoms. The van der Waals surface area contributed by atoms with Gasteiger partial charge in [0.15, 0.2) is 0 Å². The second kappa shape index (κ2) is 11.5. The molecule has 182 valence electrons. The molecule has 0 aliphatic heterocycles. The number of methoxy groups -OCH3 is 2. The molecule has 0 aliphatic rings. The quantitative estimate of drug-likeness (QED) is 0.272. The largest absolute Gasteiger partial charge is 0.497 e. The zero-order valence-corrected chi connectivity index (χ0v) is 21.6. The molecule has 1 amide bonds. The van der Waals surface area contributed by atoms with E-state index in [-0.39, 0.29) is 5.91 Å². The van der Waals surface area contributed by atoms with Crippen LogP contribution in [0.15, 0.2) is 60.0 Å². The number of benzene rings is 2. The van der Waals surface area contributed by atoms with Crippen LogP contribution in [-0.2, 0) is 17.7 Å². The summed E-state index contributed by atoms with van der Waals surface area (Å²) in [7, 11) is 3.28. The Morgan fingerprint density at radius 1 is 1.14 bits per heavy atom. The Labute approximate surface area is 214 Å². The summed E-state index contributed by atoms with van der Waals surface area (Å²) >= 11 is 7.94. The molecule has 0 spiro atoms. The zero-order chi connectivity index (χ0) is 24.8. The minimum Gasteiger partial charge on any atom is -0.497 e. The van der Waals surface area contributed by atoms with Gasteiger partial charge in [0.05, 0.1) is 35.7 Å². The molecule has 2 aromatic heterocycles. The van der Waals surface area contributed by atoms with E-state index in [0.717, 1.165) is 39.8 Å². The van der Waals surface area contributed by atoms with Crippen molar-refractivity contribution < 1.29 is 14.3 Å². The monoisotopic (exact) mass is 509 g/mol. The van der Waals surface area contributed by atoms with Crippen molar-refractivity contribution in [2.45, 2.75) is 19.9 Å². The Balaban J connectivity index is 1.67. The number of halogens is 1. The maximum Gasteiger partial charge on any atom is 0.253 e. The highest BCUT2D eigenvalue weighted by atomic mass is 35.5. The highest BCUT2D eigenvalue weighted by Crippen LogP contribution is 2.34. The average molecular weight is 510 g/mol. The van der Waals surface area contributed by atoms with E-state index >= 15 is 0 Å². The van der Waals surface area contributed by atoms with Crippen molar-refractivity contribution in [2.24, 2.45) is 0 Å². The molecule has 6 nitrogen and oxygen atoms in total. The number of rotatable bonds is 10. The number of amides is 1. The van der Waals surface area contributed by atoms with Crippen LogP contribution in [0.2, 0.25) is 5.02 Å². The smallest absolute Gasteiger partial charge is 0.253 e. The minimum atomic E-state index is -0.120. The fourth-order valence-electron chi connectivity index (χ4n) is 3.92. The van der Waals surface area contributed by atoms with Gasteiger partial charge in [-0.3, -0.25) is 4.79 Å². The lowest BCUT2D eigenvalue weighted by Crippen LogP contribution is -2.27. The van der Waals surface area contributed by atoms with Gasteiger partial charge < -0.3 is 19.4 Å². The Hall–Kier alpha value is -3.13. The minimum absolute atomic E-state index is 0.120. The molecule has 1 N–H and O–H groups in total. The van der Waals surface area contributed by atoms with Gasteiger partial charge in [0.25, 0.3) is 5.91 Å². The third-order valence-electron chi connectivity index (χ3n) is 5.86. The van der Waals surface area contributed by atoms with E-state index in [0.29, 0.717) is 30.3 Å². The molecule has 4 aromatic rings. The number of ether oxygens (including phenoxy) is 2. The Bertz CT molecular complexity index is 1300. The number of nitrogens with one attached hydrogen (secondary N) is 1. The van der Waals surface area contributed by atoms with Crippen LogP contribution in [0, 0.1) is 6.92 Å². The first-order valence-electron chi connectivity index (χ1n) is 11.3. The van der Waals surface area contributed by atoms with Crippen molar-refractivity contribution in [3.8, 4) is 27.7 Å². The van der Waals surface area contributed by atoms with Crippen LogP contribution in [0.5, 0.6) is 5.75 Å². The lowest BCUT2D eigenvalue weighted by molar-refractivity contribution is 0.0936. The highest BCUT2D eigenvalue weighted by Gasteiger charge is 2.20. The predicted octanol–water partition coefficient (Wildman–Crippen LogP) is 5.87. The van der Waals surface area contributed by atoms with Crippen LogP contribution in [0.25, 0.3) is 22.0 Å². The fourth-order valence-corrected chi connectivity index (χ4v) is 5.05. The molecular weight excluding hydrogens is 482 g/mol. The first-order chi connectivity index (χ1) is 17.0. The predicted molar refractivity (Wildman–Crippen MR) is 142 cm³/mol. The normalized spacial score (nSPS) is 11.0. The van der Waals surface area contributed by atoms with Crippen LogP contribution in [-0.4, -0.2) is 42.8 Å². The van der Waals surface area contributed by atoms with E-state index in [4.69, 9.17) is 26.1 Å². The van der Waals surface area contributed by atoms with Crippen LogP contribution in [0.4, 0.5) is 0 Å². The zero-order valence-electron chi connectivity index (χ0n) is 20.0. The van der Waals surface area contributed by atoms with E-state index in [1.807, 2.05) is 54.8 Å². The van der Waals surface area contributed by atoms with Gasteiger partial charge in [-0.15, -0.1) is 11.3 Å². The molecule has 4 rings (SSSR count). The van der Waals surface area contributed by atoms with Crippen LogP contribution >= 0.6 is 22.9 Å². The SMILES string of the molecule is COCCNC(=O)c1cc(-c2csc(-c3ccccc3Cl)n2)n(CCc2ccc(OC)cc2)c1C. The molecule has 0 saturated carbocycles. The molecule has 0 radical (unpaired) electrons. The molecule has 0 saturated heterocycles. The third-order valence-corrected chi connectivity index (χ3v) is 7.06. The van der Waals surface area contributed by atoms with Crippen molar-refractivity contribution >= 4 is 28.8 Å². The Morgan fingerprint density at radius 2 is 1.91 bits per heavy atom. The molecule has 0 bridgehead atoms. The molecule has 0 unspecified atom stereocenters. The van der Waals surface area contributed by atoms with Crippen molar-refractivity contribution in [1.82, 2.24) is 14.9 Å². The third kappa shape index (κ3) is 5.75. The van der Waals surface area contributed by atoms with Gasteiger partial charge in [0.1, 0.15) is 10.8 Å². The van der Waals surface area contributed by atoms with Gasteiger partial charge in [-0.05, 0) is 43.2 Å². The van der Waals surface area contributed by atoms with Crippen molar-refractivity contribution in [3.63, 3.8) is 0 Å². The topological polar surface area (TPSA) is 65.4 Å². The van der Waals surface area contributed by atoms with Crippen molar-refractivity contribution in [2.75, 3.05) is 27.4 Å². The number of aromatic nitrogens is 2. The van der Waals surface area contributed by atoms with Gasteiger partial charge in [-0.2, -0.15) is 0 Å². The Morgan fingerprint density at radius 3 is 2.63 bits per heavy atom. The molecule has 0 aliphatic carbocycles. The van der Waals surface area contributed by atoms with E-state index in [1.165, 1.54) is 16.9 Å². The summed E-state index contributed by atoms with van der Waals surface area (Å²) in [6, 6.07) is 17.7. The first kappa shape index (κ1) is 25.0. The molecule has 2 heterocycles. The summed E-state index contributed by atoms with van der Waals surface area (Å²) in [5.41, 5.74) is 5.34. The number of nitrogens with zero attached hydrogens (tertiary/aromatic N) is 2. The summed E-state index contributed by atoms with van der Waals surface area (Å²) in [5.74, 6) is 0.710. The lowest BCUT2D eigenvalue weighted by atomic mass is 10.1. The standard InChI is InChI=1S/C27H28ClN3O3S/c1-18-22(26(32)29-13-15-33-2)16-25(31(18)14-12-19-8-10-20(34-3)11-9-19)24-17-35-27(30-24)21-6-4-5-7-23(21)28/h4-11,16-17H,12-15H2,1-3H3,(H,29,32). The molecule has 0 atom stereocenters. The van der Waals surface area contributed by atoms with Gasteiger partial charge in [0, 0.05) is 36.8 Å². The average Bonchev–Trinajstić information content (AvgIpc) is 3.48. The number of hydrogen-bond acceptors (Lipinski definition) is 5. The van der Waals surface area contributed by atoms with Crippen LogP contribution in [0.1, 0.15) is 21.6 Å². The summed E-state index contributed by atoms with van der Waals surface area (Å²) in [5, 5.41) is 6.46. The molecule has 35 heavy (non-hydrogen) atoms. The maximum absolute atomic E-state index is 12.9. The number of carbonyl (C=O) groups excluding carboxylic acids is 1. The summed E-state index contributed by atoms with van der Waals surface area (Å²) in [4.78, 5) is 17.8. The maximum atomic E-state index is 12.9. The summed E-state index contributed by atoms with van der Waals surface area (Å²) in [6.07, 6.45) is 0.804. The first-order valence-corrected chi connectivity index (χ1v) is 12.6. The van der Waals surface area contributed by atoms with Crippen LogP contribution < -0.4 is 10.1 Å². The molecular formula is C27H28ClN3O3S. The van der Waals surface area contributed by atoms with Gasteiger partial charge in [0.2, 0.25) is 0 Å². The van der Waals surface area contributed by atoms with Gasteiger partial charge >= 0.3 is 0 Å². The second-order valence-corrected chi connectivity index (χ2v) is 9.31. The summed E-state index contributed by atoms with van der Waals surface area (Å²) < 4.78 is 12.5. The van der Waals surface area contributed by atoms with Crippen LogP contribution in [0.3, 0.4) is 0 Å². The number of aryl methyl sites for hydroxylation is 1. The van der Waals surface area contributed by atoms with E-state index < -0.39 is 0 Å². The number of hydrogen-bond donors (Lipinski definition) is 1. The fraction of sp³-hybridized carbons (Fsp3) is 0.259. The van der Waals surface area contributed by atoms with E-state index in [2.05, 4.69) is 22.0 Å². The number of carbonyl (C=O) groups is 1. The second-order valence-electron chi connectivity index (χ2n) is 8.04. The van der Waals surface area contributed by atoms with Crippen molar-refractivity contribution in [3.05, 3.63) is 81.8 Å².